The minimum absolute atomic E-state index is 0. The first-order valence-corrected chi connectivity index (χ1v) is 14.3. The van der Waals surface area contributed by atoms with E-state index in [1.54, 1.807) is 0 Å². The zero-order valence-electron chi connectivity index (χ0n) is 22.7. The van der Waals surface area contributed by atoms with Crippen LogP contribution >= 0.6 is 0 Å². The van der Waals surface area contributed by atoms with E-state index in [2.05, 4.69) is 35.0 Å². The molecule has 2 heteroatoms. The monoisotopic (exact) mass is 459 g/mol. The summed E-state index contributed by atoms with van der Waals surface area (Å²) in [6, 6.07) is 0. The van der Waals surface area contributed by atoms with Gasteiger partial charge in [0, 0.05) is 5.92 Å². The first-order valence-electron chi connectivity index (χ1n) is 14.3. The highest BCUT2D eigenvalue weighted by atomic mass is 35.5. The third-order valence-electron chi connectivity index (χ3n) is 6.74. The highest BCUT2D eigenvalue weighted by Gasteiger charge is 2.17. The Labute approximate surface area is 205 Å². The van der Waals surface area contributed by atoms with Crippen molar-refractivity contribution in [1.82, 2.24) is 0 Å². The Kier molecular flexibility index (Phi) is 26.8. The highest BCUT2D eigenvalue weighted by Crippen LogP contribution is 2.21. The van der Waals surface area contributed by atoms with Crippen molar-refractivity contribution < 1.29 is 16.9 Å². The molecule has 31 heavy (non-hydrogen) atoms. The number of halogens is 1. The van der Waals surface area contributed by atoms with Gasteiger partial charge in [-0.05, 0) is 12.8 Å². The molecule has 0 spiro atoms. The summed E-state index contributed by atoms with van der Waals surface area (Å²) in [7, 11) is 7.14. The number of quaternary nitrogens is 1. The zero-order chi connectivity index (χ0) is 22.3. The minimum Gasteiger partial charge on any atom is -1.00 e. The second-order valence-electron chi connectivity index (χ2n) is 11.3. The molecule has 190 valence electrons. The van der Waals surface area contributed by atoms with Crippen LogP contribution in [0.5, 0.6) is 0 Å². The van der Waals surface area contributed by atoms with Crippen LogP contribution < -0.4 is 12.4 Å². The molecule has 0 saturated carbocycles. The van der Waals surface area contributed by atoms with Crippen molar-refractivity contribution in [2.45, 2.75) is 155 Å². The normalized spacial score (nSPS) is 11.8. The van der Waals surface area contributed by atoms with Gasteiger partial charge in [-0.1, -0.05) is 142 Å². The van der Waals surface area contributed by atoms with Crippen LogP contribution in [0.2, 0.25) is 0 Å². The third-order valence-corrected chi connectivity index (χ3v) is 6.74. The van der Waals surface area contributed by atoms with Gasteiger partial charge in [-0.15, -0.1) is 0 Å². The lowest BCUT2D eigenvalue weighted by molar-refractivity contribution is -0.874. The summed E-state index contributed by atoms with van der Waals surface area (Å²) in [6.45, 7) is 5.99. The van der Waals surface area contributed by atoms with Gasteiger partial charge in [0.15, 0.2) is 0 Å². The topological polar surface area (TPSA) is 0 Å². The molecule has 0 aromatic rings. The van der Waals surface area contributed by atoms with Gasteiger partial charge in [0.1, 0.15) is 0 Å². The zero-order valence-corrected chi connectivity index (χ0v) is 23.4. The third kappa shape index (κ3) is 28.2. The van der Waals surface area contributed by atoms with Crippen LogP contribution in [0.4, 0.5) is 0 Å². The van der Waals surface area contributed by atoms with Gasteiger partial charge in [-0.2, -0.15) is 0 Å². The molecule has 0 N–H and O–H groups in total. The second-order valence-corrected chi connectivity index (χ2v) is 11.3. The molecule has 0 aromatic heterocycles. The van der Waals surface area contributed by atoms with E-state index in [0.29, 0.717) is 0 Å². The summed E-state index contributed by atoms with van der Waals surface area (Å²) >= 11 is 0. The number of rotatable bonds is 24. The van der Waals surface area contributed by atoms with E-state index in [1.165, 1.54) is 148 Å². The Balaban J connectivity index is 0. The Morgan fingerprint density at radius 1 is 0.419 bits per heavy atom. The van der Waals surface area contributed by atoms with Crippen LogP contribution in [0.15, 0.2) is 0 Å². The van der Waals surface area contributed by atoms with Gasteiger partial charge >= 0.3 is 0 Å². The molecule has 0 aromatic carbocycles. The van der Waals surface area contributed by atoms with Crippen LogP contribution in [0, 0.1) is 5.92 Å². The fraction of sp³-hybridized carbons (Fsp3) is 1.00. The lowest BCUT2D eigenvalue weighted by Gasteiger charge is -2.29. The van der Waals surface area contributed by atoms with E-state index in [4.69, 9.17) is 0 Å². The van der Waals surface area contributed by atoms with Crippen molar-refractivity contribution in [3.63, 3.8) is 0 Å². The van der Waals surface area contributed by atoms with Crippen molar-refractivity contribution in [1.29, 1.82) is 0 Å². The SMILES string of the molecule is CCCCCCCCCCCCC(CCCCCCCCCCCC)C[N+](C)(C)C.[Cl-]. The molecule has 0 fully saturated rings. The second kappa shape index (κ2) is 24.9. The molecule has 1 nitrogen and oxygen atoms in total. The maximum atomic E-state index is 2.38. The van der Waals surface area contributed by atoms with E-state index < -0.39 is 0 Å². The maximum absolute atomic E-state index is 2.38. The van der Waals surface area contributed by atoms with Crippen molar-refractivity contribution in [3.8, 4) is 0 Å². The van der Waals surface area contributed by atoms with Crippen molar-refractivity contribution >= 4 is 0 Å². The van der Waals surface area contributed by atoms with Gasteiger partial charge < -0.3 is 16.9 Å². The van der Waals surface area contributed by atoms with E-state index in [1.807, 2.05) is 0 Å². The Bertz CT molecular complexity index is 299. The number of unbranched alkanes of at least 4 members (excludes halogenated alkanes) is 18. The van der Waals surface area contributed by atoms with Crippen molar-refractivity contribution in [2.75, 3.05) is 27.7 Å². The van der Waals surface area contributed by atoms with Crippen molar-refractivity contribution in [3.05, 3.63) is 0 Å². The predicted molar refractivity (Wildman–Crippen MR) is 139 cm³/mol. The maximum Gasteiger partial charge on any atom is 0.0809 e. The van der Waals surface area contributed by atoms with Crippen LogP contribution in [-0.2, 0) is 0 Å². The van der Waals surface area contributed by atoms with Gasteiger partial charge in [0.2, 0.25) is 0 Å². The molecular formula is C29H62ClN. The first-order chi connectivity index (χ1) is 14.5. The van der Waals surface area contributed by atoms with E-state index >= 15 is 0 Å². The largest absolute Gasteiger partial charge is 1.00 e. The fourth-order valence-corrected chi connectivity index (χ4v) is 4.94. The molecular weight excluding hydrogens is 398 g/mol. The van der Waals surface area contributed by atoms with Crippen molar-refractivity contribution in [2.24, 2.45) is 5.92 Å². The molecule has 0 atom stereocenters. The summed E-state index contributed by atoms with van der Waals surface area (Å²) < 4.78 is 1.14. The molecule has 0 rings (SSSR count). The molecule has 0 aliphatic rings. The highest BCUT2D eigenvalue weighted by molar-refractivity contribution is 4.61. The summed E-state index contributed by atoms with van der Waals surface area (Å²) in [4.78, 5) is 0. The van der Waals surface area contributed by atoms with Gasteiger partial charge in [-0.3, -0.25) is 0 Å². The van der Waals surface area contributed by atoms with E-state index in [9.17, 15) is 0 Å². The molecule has 0 aliphatic carbocycles. The Morgan fingerprint density at radius 2 is 0.677 bits per heavy atom. The Morgan fingerprint density at radius 3 is 0.935 bits per heavy atom. The molecule has 0 radical (unpaired) electrons. The van der Waals surface area contributed by atoms with E-state index in [-0.39, 0.29) is 12.4 Å². The number of hydrogen-bond donors (Lipinski definition) is 0. The summed E-state index contributed by atoms with van der Waals surface area (Å²) in [5.74, 6) is 0.952. The molecule has 0 unspecified atom stereocenters. The number of nitrogens with zero attached hydrogens (tertiary/aromatic N) is 1. The lowest BCUT2D eigenvalue weighted by Crippen LogP contribution is -3.00. The molecule has 0 bridgehead atoms. The number of hydrogen-bond acceptors (Lipinski definition) is 0. The van der Waals surface area contributed by atoms with Crippen LogP contribution in [-0.4, -0.2) is 32.2 Å². The predicted octanol–water partition coefficient (Wildman–Crippen LogP) is 6.93. The minimum atomic E-state index is 0. The van der Waals surface area contributed by atoms with Crippen LogP contribution in [0.1, 0.15) is 155 Å². The summed E-state index contributed by atoms with van der Waals surface area (Å²) in [5.41, 5.74) is 0. The molecule has 0 aliphatic heterocycles. The van der Waals surface area contributed by atoms with Gasteiger partial charge in [0.05, 0.1) is 27.7 Å². The average Bonchev–Trinajstić information content (AvgIpc) is 2.69. The quantitative estimate of drug-likeness (QED) is 0.108. The molecule has 0 saturated heterocycles. The van der Waals surface area contributed by atoms with Crippen LogP contribution in [0.25, 0.3) is 0 Å². The van der Waals surface area contributed by atoms with Crippen LogP contribution in [0.3, 0.4) is 0 Å². The first kappa shape index (κ1) is 33.4. The average molecular weight is 460 g/mol. The molecule has 0 heterocycles. The standard InChI is InChI=1S/C29H62N.ClH/c1-6-8-10-12-14-16-18-20-22-24-26-29(28-30(3,4)5)27-25-23-21-19-17-15-13-11-9-7-2;/h29H,6-28H2,1-5H3;1H/q+1;/p-1. The Hall–Kier alpha value is 0.250. The van der Waals surface area contributed by atoms with Gasteiger partial charge in [0.25, 0.3) is 0 Å². The van der Waals surface area contributed by atoms with Gasteiger partial charge in [-0.25, -0.2) is 0 Å². The smallest absolute Gasteiger partial charge is 0.0809 e. The fourth-order valence-electron chi connectivity index (χ4n) is 4.94. The van der Waals surface area contributed by atoms with E-state index in [0.717, 1.165) is 10.4 Å². The summed E-state index contributed by atoms with van der Waals surface area (Å²) in [6.07, 6.45) is 32.1. The lowest BCUT2D eigenvalue weighted by atomic mass is 9.93. The molecule has 0 amide bonds. The summed E-state index contributed by atoms with van der Waals surface area (Å²) in [5, 5.41) is 0.